The Hall–Kier alpha value is -2.27. The van der Waals surface area contributed by atoms with Crippen LogP contribution in [0, 0.1) is 0 Å². The van der Waals surface area contributed by atoms with E-state index in [1.807, 2.05) is 4.57 Å². The number of carbonyl (C=O) groups is 1. The van der Waals surface area contributed by atoms with Gasteiger partial charge in [0.25, 0.3) is 0 Å². The number of rotatable bonds is 5. The summed E-state index contributed by atoms with van der Waals surface area (Å²) in [6.07, 6.45) is 4.43. The lowest BCUT2D eigenvalue weighted by Crippen LogP contribution is -2.14. The maximum Gasteiger partial charge on any atom is 0.224 e. The maximum atomic E-state index is 11.9. The Balaban J connectivity index is 1.83. The zero-order valence-corrected chi connectivity index (χ0v) is 12.1. The van der Waals surface area contributed by atoms with E-state index < -0.39 is 0 Å². The van der Waals surface area contributed by atoms with E-state index in [9.17, 15) is 9.59 Å². The Morgan fingerprint density at radius 1 is 1.24 bits per heavy atom. The van der Waals surface area contributed by atoms with Crippen LogP contribution in [0.2, 0.25) is 5.02 Å². The first-order chi connectivity index (χ1) is 10.0. The van der Waals surface area contributed by atoms with Gasteiger partial charge in [-0.1, -0.05) is 11.6 Å². The number of nitrogens with zero attached hydrogens (tertiary/aromatic N) is 1. The topological polar surface area (TPSA) is 77.1 Å². The molecule has 1 heterocycles. The van der Waals surface area contributed by atoms with Crippen LogP contribution in [0.25, 0.3) is 0 Å². The third-order valence-electron chi connectivity index (χ3n) is 2.97. The maximum absolute atomic E-state index is 11.9. The number of hydrogen-bond donors (Lipinski definition) is 2. The summed E-state index contributed by atoms with van der Waals surface area (Å²) in [6.45, 7) is 0.665. The zero-order chi connectivity index (χ0) is 15.2. The second kappa shape index (κ2) is 6.95. The van der Waals surface area contributed by atoms with Crippen LogP contribution in [0.3, 0.4) is 0 Å². The number of nitrogens with two attached hydrogens (primary N) is 1. The normalized spacial score (nSPS) is 10.3. The highest BCUT2D eigenvalue weighted by molar-refractivity contribution is 6.31. The van der Waals surface area contributed by atoms with E-state index in [1.165, 1.54) is 12.1 Å². The van der Waals surface area contributed by atoms with Crippen molar-refractivity contribution >= 4 is 28.9 Å². The highest BCUT2D eigenvalue weighted by atomic mass is 35.5. The van der Waals surface area contributed by atoms with Gasteiger partial charge in [0.05, 0.1) is 11.4 Å². The van der Waals surface area contributed by atoms with Crippen LogP contribution in [0.1, 0.15) is 12.8 Å². The molecule has 0 unspecified atom stereocenters. The molecule has 0 radical (unpaired) electrons. The van der Waals surface area contributed by atoms with Crippen LogP contribution in [-0.4, -0.2) is 10.5 Å². The fraction of sp³-hybridized carbons (Fsp3) is 0.200. The predicted octanol–water partition coefficient (Wildman–Crippen LogP) is 2.50. The predicted molar refractivity (Wildman–Crippen MR) is 84.4 cm³/mol. The number of amides is 1. The fourth-order valence-electron chi connectivity index (χ4n) is 1.86. The minimum Gasteiger partial charge on any atom is -0.397 e. The first-order valence-corrected chi connectivity index (χ1v) is 6.93. The molecule has 0 aliphatic rings. The van der Waals surface area contributed by atoms with E-state index in [2.05, 4.69) is 5.32 Å². The van der Waals surface area contributed by atoms with Crippen molar-refractivity contribution in [2.24, 2.45) is 0 Å². The molecular weight excluding hydrogens is 290 g/mol. The van der Waals surface area contributed by atoms with Gasteiger partial charge in [0.15, 0.2) is 5.43 Å². The number of nitrogens with one attached hydrogen (secondary N) is 1. The molecule has 5 nitrogen and oxygen atoms in total. The Morgan fingerprint density at radius 2 is 1.95 bits per heavy atom. The molecule has 2 aromatic rings. The van der Waals surface area contributed by atoms with Crippen LogP contribution in [0.15, 0.2) is 47.5 Å². The average molecular weight is 306 g/mol. The zero-order valence-electron chi connectivity index (χ0n) is 11.4. The minimum atomic E-state index is -0.120. The van der Waals surface area contributed by atoms with Crippen LogP contribution < -0.4 is 16.5 Å². The van der Waals surface area contributed by atoms with Crippen molar-refractivity contribution in [3.8, 4) is 0 Å². The highest BCUT2D eigenvalue weighted by Crippen LogP contribution is 2.23. The van der Waals surface area contributed by atoms with Gasteiger partial charge in [0, 0.05) is 42.5 Å². The van der Waals surface area contributed by atoms with Gasteiger partial charge >= 0.3 is 0 Å². The second-order valence-electron chi connectivity index (χ2n) is 4.65. The molecular formula is C15H16ClN3O2. The number of pyridine rings is 1. The summed E-state index contributed by atoms with van der Waals surface area (Å²) in [5.41, 5.74) is 6.74. The molecule has 0 spiro atoms. The molecule has 0 aliphatic heterocycles. The molecule has 1 aromatic heterocycles. The molecule has 6 heteroatoms. The van der Waals surface area contributed by atoms with Crippen LogP contribution in [-0.2, 0) is 11.3 Å². The molecule has 0 atom stereocenters. The Bertz CT molecular complexity index is 677. The molecule has 1 aromatic carbocycles. The first-order valence-electron chi connectivity index (χ1n) is 6.55. The molecule has 0 saturated heterocycles. The lowest BCUT2D eigenvalue weighted by Gasteiger charge is -2.09. The summed E-state index contributed by atoms with van der Waals surface area (Å²) in [6, 6.07) is 7.93. The van der Waals surface area contributed by atoms with Gasteiger partial charge in [-0.3, -0.25) is 9.59 Å². The Kier molecular flexibility index (Phi) is 5.00. The van der Waals surface area contributed by atoms with Crippen molar-refractivity contribution in [3.05, 3.63) is 58.0 Å². The molecule has 0 aliphatic carbocycles. The highest BCUT2D eigenvalue weighted by Gasteiger charge is 2.06. The van der Waals surface area contributed by atoms with Crippen LogP contribution in [0.5, 0.6) is 0 Å². The smallest absolute Gasteiger partial charge is 0.224 e. The van der Waals surface area contributed by atoms with E-state index in [0.29, 0.717) is 35.8 Å². The van der Waals surface area contributed by atoms with Crippen molar-refractivity contribution < 1.29 is 4.79 Å². The number of anilines is 2. The number of benzene rings is 1. The van der Waals surface area contributed by atoms with Crippen molar-refractivity contribution in [1.82, 2.24) is 4.57 Å². The summed E-state index contributed by atoms with van der Waals surface area (Å²) in [4.78, 5) is 22.8. The van der Waals surface area contributed by atoms with Crippen LogP contribution in [0.4, 0.5) is 11.4 Å². The quantitative estimate of drug-likeness (QED) is 0.833. The lowest BCUT2D eigenvalue weighted by molar-refractivity contribution is -0.116. The van der Waals surface area contributed by atoms with Crippen molar-refractivity contribution in [2.75, 3.05) is 11.1 Å². The summed E-state index contributed by atoms with van der Waals surface area (Å²) >= 11 is 5.86. The number of nitrogen functional groups attached to an aromatic ring is 1. The Morgan fingerprint density at radius 3 is 2.67 bits per heavy atom. The number of carbonyl (C=O) groups excluding carboxylic acids is 1. The van der Waals surface area contributed by atoms with E-state index >= 15 is 0 Å². The standard InChI is InChI=1S/C15H16ClN3O2/c16-11-3-4-13(17)14(10-11)18-15(21)2-1-7-19-8-5-12(20)6-9-19/h3-6,8-10H,1-2,7,17H2,(H,18,21). The van der Waals surface area contributed by atoms with Gasteiger partial charge in [0.2, 0.25) is 5.91 Å². The van der Waals surface area contributed by atoms with Crippen molar-refractivity contribution in [1.29, 1.82) is 0 Å². The molecule has 2 rings (SSSR count). The number of aromatic nitrogens is 1. The van der Waals surface area contributed by atoms with Gasteiger partial charge in [-0.25, -0.2) is 0 Å². The fourth-order valence-corrected chi connectivity index (χ4v) is 2.04. The lowest BCUT2D eigenvalue weighted by atomic mass is 10.2. The van der Waals surface area contributed by atoms with Crippen molar-refractivity contribution in [3.63, 3.8) is 0 Å². The van der Waals surface area contributed by atoms with Crippen molar-refractivity contribution in [2.45, 2.75) is 19.4 Å². The van der Waals surface area contributed by atoms with E-state index in [1.54, 1.807) is 30.6 Å². The molecule has 0 bridgehead atoms. The molecule has 3 N–H and O–H groups in total. The molecule has 0 fully saturated rings. The number of halogens is 1. The Labute approximate surface area is 127 Å². The third-order valence-corrected chi connectivity index (χ3v) is 3.21. The molecule has 0 saturated carbocycles. The summed E-state index contributed by atoms with van der Waals surface area (Å²) in [5, 5.41) is 3.26. The monoisotopic (exact) mass is 305 g/mol. The van der Waals surface area contributed by atoms with Gasteiger partial charge < -0.3 is 15.6 Å². The van der Waals surface area contributed by atoms with Gasteiger partial charge in [-0.2, -0.15) is 0 Å². The second-order valence-corrected chi connectivity index (χ2v) is 5.09. The van der Waals surface area contributed by atoms with Gasteiger partial charge in [0.1, 0.15) is 0 Å². The summed E-state index contributed by atoms with van der Waals surface area (Å²) < 4.78 is 1.86. The molecule has 1 amide bonds. The first kappa shape index (κ1) is 15.1. The van der Waals surface area contributed by atoms with Gasteiger partial charge in [-0.05, 0) is 24.6 Å². The minimum absolute atomic E-state index is 0.0274. The van der Waals surface area contributed by atoms with E-state index in [-0.39, 0.29) is 11.3 Å². The van der Waals surface area contributed by atoms with E-state index in [0.717, 1.165) is 0 Å². The number of hydrogen-bond acceptors (Lipinski definition) is 3. The largest absolute Gasteiger partial charge is 0.397 e. The third kappa shape index (κ3) is 4.65. The molecule has 21 heavy (non-hydrogen) atoms. The number of aryl methyl sites for hydroxylation is 1. The SMILES string of the molecule is Nc1ccc(Cl)cc1NC(=O)CCCn1ccc(=O)cc1. The average Bonchev–Trinajstić information content (AvgIpc) is 2.45. The summed E-state index contributed by atoms with van der Waals surface area (Å²) in [5.74, 6) is -0.120. The summed E-state index contributed by atoms with van der Waals surface area (Å²) in [7, 11) is 0. The molecule has 110 valence electrons. The van der Waals surface area contributed by atoms with Crippen LogP contribution >= 0.6 is 11.6 Å². The van der Waals surface area contributed by atoms with E-state index in [4.69, 9.17) is 17.3 Å². The van der Waals surface area contributed by atoms with Gasteiger partial charge in [-0.15, -0.1) is 0 Å².